The first-order valence-electron chi connectivity index (χ1n) is 5.78. The topological polar surface area (TPSA) is 63.6 Å². The Morgan fingerprint density at radius 1 is 1.41 bits per heavy atom. The molecule has 2 rings (SSSR count). The van der Waals surface area contributed by atoms with Gasteiger partial charge < -0.3 is 9.84 Å². The molecule has 0 radical (unpaired) electrons. The first kappa shape index (κ1) is 11.9. The van der Waals surface area contributed by atoms with Gasteiger partial charge in [-0.1, -0.05) is 11.6 Å². The summed E-state index contributed by atoms with van der Waals surface area (Å²) in [5.74, 6) is -1.65. The Balaban J connectivity index is 2.35. The van der Waals surface area contributed by atoms with Crippen molar-refractivity contribution in [3.8, 4) is 0 Å². The molecular formula is C13H16O4. The van der Waals surface area contributed by atoms with Crippen molar-refractivity contribution in [2.75, 3.05) is 0 Å². The molecule has 1 N–H and O–H groups in total. The lowest BCUT2D eigenvalue weighted by molar-refractivity contribution is -0.144. The van der Waals surface area contributed by atoms with Crippen LogP contribution in [0.4, 0.5) is 0 Å². The van der Waals surface area contributed by atoms with E-state index in [0.717, 1.165) is 5.57 Å². The maximum atomic E-state index is 11.9. The van der Waals surface area contributed by atoms with Gasteiger partial charge in [-0.2, -0.15) is 0 Å². The maximum Gasteiger partial charge on any atom is 0.335 e. The normalized spacial score (nSPS) is 26.5. The Labute approximate surface area is 100.0 Å². The van der Waals surface area contributed by atoms with Crippen LogP contribution in [0.15, 0.2) is 22.8 Å². The molecule has 0 amide bonds. The van der Waals surface area contributed by atoms with E-state index in [0.29, 0.717) is 12.0 Å². The minimum Gasteiger partial charge on any atom is -0.478 e. The Bertz CT molecular complexity index is 442. The Morgan fingerprint density at radius 3 is 2.59 bits per heavy atom. The average Bonchev–Trinajstić information content (AvgIpc) is 2.71. The molecule has 0 aliphatic heterocycles. The predicted molar refractivity (Wildman–Crippen MR) is 61.2 cm³/mol. The lowest BCUT2D eigenvalue weighted by atomic mass is 9.92. The predicted octanol–water partition coefficient (Wildman–Crippen LogP) is 1.92. The molecule has 4 nitrogen and oxygen atoms in total. The van der Waals surface area contributed by atoms with Crippen molar-refractivity contribution in [1.82, 2.24) is 0 Å². The van der Waals surface area contributed by atoms with Gasteiger partial charge in [-0.15, -0.1) is 0 Å². The number of esters is 1. The number of carboxylic acid groups (broad SMARTS) is 1. The zero-order valence-electron chi connectivity index (χ0n) is 10.2. The molecule has 4 heteroatoms. The van der Waals surface area contributed by atoms with Crippen molar-refractivity contribution in [3.63, 3.8) is 0 Å². The van der Waals surface area contributed by atoms with Crippen molar-refractivity contribution in [2.45, 2.75) is 33.3 Å². The van der Waals surface area contributed by atoms with Crippen LogP contribution < -0.4 is 0 Å². The molecular weight excluding hydrogens is 220 g/mol. The van der Waals surface area contributed by atoms with Crippen molar-refractivity contribution in [3.05, 3.63) is 22.8 Å². The quantitative estimate of drug-likeness (QED) is 0.600. The second-order valence-corrected chi connectivity index (χ2v) is 4.89. The van der Waals surface area contributed by atoms with Crippen LogP contribution in [0.3, 0.4) is 0 Å². The summed E-state index contributed by atoms with van der Waals surface area (Å²) in [6.07, 6.45) is 2.42. The molecule has 0 saturated carbocycles. The Morgan fingerprint density at radius 2 is 2.06 bits per heavy atom. The monoisotopic (exact) mass is 236 g/mol. The SMILES string of the molecule is CC1=CC2CC1C(C(=O)OC(C)C)=C2C(=O)O. The summed E-state index contributed by atoms with van der Waals surface area (Å²) in [5.41, 5.74) is 1.66. The number of fused-ring (bicyclic) bond motifs is 2. The highest BCUT2D eigenvalue weighted by atomic mass is 16.5. The van der Waals surface area contributed by atoms with Crippen LogP contribution in [0.1, 0.15) is 27.2 Å². The van der Waals surface area contributed by atoms with E-state index < -0.39 is 11.9 Å². The van der Waals surface area contributed by atoms with Gasteiger partial charge in [0.05, 0.1) is 17.3 Å². The molecule has 2 aliphatic rings. The van der Waals surface area contributed by atoms with Gasteiger partial charge in [-0.25, -0.2) is 9.59 Å². The smallest absolute Gasteiger partial charge is 0.335 e. The molecule has 0 spiro atoms. The van der Waals surface area contributed by atoms with Crippen molar-refractivity contribution in [2.24, 2.45) is 11.8 Å². The number of hydrogen-bond acceptors (Lipinski definition) is 3. The lowest BCUT2D eigenvalue weighted by Gasteiger charge is -2.17. The fraction of sp³-hybridized carbons (Fsp3) is 0.538. The fourth-order valence-electron chi connectivity index (χ4n) is 2.68. The first-order chi connectivity index (χ1) is 7.91. The number of rotatable bonds is 3. The van der Waals surface area contributed by atoms with E-state index in [-0.39, 0.29) is 23.5 Å². The van der Waals surface area contributed by atoms with Crippen LogP contribution in [0.5, 0.6) is 0 Å². The fourth-order valence-corrected chi connectivity index (χ4v) is 2.68. The summed E-state index contributed by atoms with van der Waals surface area (Å²) in [6, 6.07) is 0. The van der Waals surface area contributed by atoms with Gasteiger partial charge in [0.2, 0.25) is 0 Å². The summed E-state index contributed by atoms with van der Waals surface area (Å²) in [4.78, 5) is 23.1. The second-order valence-electron chi connectivity index (χ2n) is 4.89. The molecule has 2 bridgehead atoms. The zero-order chi connectivity index (χ0) is 12.7. The second kappa shape index (κ2) is 4.02. The van der Waals surface area contributed by atoms with Crippen LogP contribution in [0.25, 0.3) is 0 Å². The highest BCUT2D eigenvalue weighted by Gasteiger charge is 2.45. The summed E-state index contributed by atoms with van der Waals surface area (Å²) >= 11 is 0. The summed E-state index contributed by atoms with van der Waals surface area (Å²) in [6.45, 7) is 5.45. The van der Waals surface area contributed by atoms with Crippen molar-refractivity contribution < 1.29 is 19.4 Å². The Kier molecular flexibility index (Phi) is 2.81. The molecule has 0 saturated heterocycles. The Hall–Kier alpha value is -1.58. The summed E-state index contributed by atoms with van der Waals surface area (Å²) in [5, 5.41) is 9.18. The summed E-state index contributed by atoms with van der Waals surface area (Å²) < 4.78 is 5.13. The first-order valence-corrected chi connectivity index (χ1v) is 5.78. The third-order valence-electron chi connectivity index (χ3n) is 3.31. The molecule has 0 aromatic heterocycles. The van der Waals surface area contributed by atoms with Gasteiger partial charge in [0.25, 0.3) is 0 Å². The minimum atomic E-state index is -1.00. The third kappa shape index (κ3) is 1.88. The van der Waals surface area contributed by atoms with Crippen molar-refractivity contribution in [1.29, 1.82) is 0 Å². The maximum absolute atomic E-state index is 11.9. The number of carbonyl (C=O) groups is 2. The molecule has 0 heterocycles. The number of aliphatic carboxylic acids is 1. The van der Waals surface area contributed by atoms with Gasteiger partial charge in [0.1, 0.15) is 0 Å². The lowest BCUT2D eigenvalue weighted by Crippen LogP contribution is -2.21. The van der Waals surface area contributed by atoms with Gasteiger partial charge in [-0.3, -0.25) is 0 Å². The van der Waals surface area contributed by atoms with E-state index in [1.165, 1.54) is 0 Å². The molecule has 0 aromatic rings. The molecule has 17 heavy (non-hydrogen) atoms. The van der Waals surface area contributed by atoms with E-state index in [4.69, 9.17) is 4.74 Å². The van der Waals surface area contributed by atoms with Crippen molar-refractivity contribution >= 4 is 11.9 Å². The van der Waals surface area contributed by atoms with Crippen LogP contribution in [-0.2, 0) is 14.3 Å². The zero-order valence-corrected chi connectivity index (χ0v) is 10.2. The number of ether oxygens (including phenoxy) is 1. The molecule has 2 unspecified atom stereocenters. The molecule has 2 atom stereocenters. The molecule has 0 fully saturated rings. The van der Waals surface area contributed by atoms with Crippen LogP contribution >= 0.6 is 0 Å². The highest BCUT2D eigenvalue weighted by Crippen LogP contribution is 2.48. The highest BCUT2D eigenvalue weighted by molar-refractivity contribution is 6.02. The van der Waals surface area contributed by atoms with Gasteiger partial charge in [0, 0.05) is 11.8 Å². The number of carboxylic acids is 1. The summed E-state index contributed by atoms with van der Waals surface area (Å²) in [7, 11) is 0. The van der Waals surface area contributed by atoms with E-state index in [9.17, 15) is 14.7 Å². The van der Waals surface area contributed by atoms with E-state index in [2.05, 4.69) is 0 Å². The van der Waals surface area contributed by atoms with E-state index >= 15 is 0 Å². The minimum absolute atomic E-state index is 0.0580. The molecule has 0 aromatic carbocycles. The van der Waals surface area contributed by atoms with Crippen LogP contribution in [-0.4, -0.2) is 23.1 Å². The van der Waals surface area contributed by atoms with Crippen LogP contribution in [0, 0.1) is 11.8 Å². The van der Waals surface area contributed by atoms with Gasteiger partial charge >= 0.3 is 11.9 Å². The average molecular weight is 236 g/mol. The largest absolute Gasteiger partial charge is 0.478 e. The van der Waals surface area contributed by atoms with E-state index in [1.807, 2.05) is 13.0 Å². The number of hydrogen-bond donors (Lipinski definition) is 1. The third-order valence-corrected chi connectivity index (χ3v) is 3.31. The van der Waals surface area contributed by atoms with Gasteiger partial charge in [-0.05, 0) is 27.2 Å². The number of allylic oxidation sites excluding steroid dienone is 2. The van der Waals surface area contributed by atoms with E-state index in [1.54, 1.807) is 13.8 Å². The van der Waals surface area contributed by atoms with Crippen LogP contribution in [0.2, 0.25) is 0 Å². The molecule has 2 aliphatic carbocycles. The molecule has 92 valence electrons. The standard InChI is InChI=1S/C13H16O4/c1-6(2)17-13(16)11-9-5-8(4-7(9)3)10(11)12(14)15/h4,6,8-9H,5H2,1-3H3,(H,14,15). The number of carbonyl (C=O) groups excluding carboxylic acids is 1. The van der Waals surface area contributed by atoms with Gasteiger partial charge in [0.15, 0.2) is 0 Å².